The van der Waals surface area contributed by atoms with Crippen molar-refractivity contribution in [3.05, 3.63) is 52.3 Å². The highest BCUT2D eigenvalue weighted by Gasteiger charge is 2.22. The third-order valence-electron chi connectivity index (χ3n) is 4.24. The lowest BCUT2D eigenvalue weighted by molar-refractivity contribution is -0.131. The Labute approximate surface area is 140 Å². The highest BCUT2D eigenvalue weighted by Crippen LogP contribution is 2.22. The second-order valence-electron chi connectivity index (χ2n) is 6.06. The average Bonchev–Trinajstić information content (AvgIpc) is 2.79. The van der Waals surface area contributed by atoms with E-state index in [1.165, 1.54) is 10.6 Å². The van der Waals surface area contributed by atoms with Crippen molar-refractivity contribution >= 4 is 11.7 Å². The first kappa shape index (κ1) is 16.2. The predicted molar refractivity (Wildman–Crippen MR) is 91.0 cm³/mol. The standard InChI is InChI=1S/C17H21N5O2/c1-20(2)17-13-6-9-21(10-7-14(13)18-12-19-17)16(24)11-22-8-4-3-5-15(22)23/h3-5,8,12H,6-7,9-11H2,1-2H3. The molecule has 0 radical (unpaired) electrons. The molecule has 0 saturated heterocycles. The van der Waals surface area contributed by atoms with Crippen molar-refractivity contribution in [2.75, 3.05) is 32.1 Å². The lowest BCUT2D eigenvalue weighted by Gasteiger charge is -2.21. The number of rotatable bonds is 3. The van der Waals surface area contributed by atoms with Gasteiger partial charge in [0.05, 0.1) is 5.69 Å². The van der Waals surface area contributed by atoms with Crippen LogP contribution in [0.15, 0.2) is 35.5 Å². The summed E-state index contributed by atoms with van der Waals surface area (Å²) in [7, 11) is 3.91. The van der Waals surface area contributed by atoms with Gasteiger partial charge in [-0.2, -0.15) is 0 Å². The van der Waals surface area contributed by atoms with Gasteiger partial charge in [-0.1, -0.05) is 6.07 Å². The van der Waals surface area contributed by atoms with Crippen LogP contribution < -0.4 is 10.5 Å². The van der Waals surface area contributed by atoms with Crippen LogP contribution in [0.4, 0.5) is 5.82 Å². The minimum Gasteiger partial charge on any atom is -0.362 e. The molecule has 7 nitrogen and oxygen atoms in total. The minimum absolute atomic E-state index is 0.0459. The molecule has 1 amide bonds. The Kier molecular flexibility index (Phi) is 4.59. The Morgan fingerprint density at radius 1 is 1.21 bits per heavy atom. The van der Waals surface area contributed by atoms with Crippen LogP contribution in [0.25, 0.3) is 0 Å². The third kappa shape index (κ3) is 3.29. The lowest BCUT2D eigenvalue weighted by Crippen LogP contribution is -2.37. The van der Waals surface area contributed by atoms with E-state index in [0.29, 0.717) is 19.5 Å². The molecule has 1 aliphatic heterocycles. The topological polar surface area (TPSA) is 71.3 Å². The van der Waals surface area contributed by atoms with Gasteiger partial charge in [0.1, 0.15) is 18.7 Å². The van der Waals surface area contributed by atoms with Crippen LogP contribution in [0.3, 0.4) is 0 Å². The maximum atomic E-state index is 12.6. The Balaban J connectivity index is 1.75. The molecule has 0 fully saturated rings. The van der Waals surface area contributed by atoms with E-state index in [-0.39, 0.29) is 18.0 Å². The minimum atomic E-state index is -0.162. The van der Waals surface area contributed by atoms with Gasteiger partial charge < -0.3 is 14.4 Å². The van der Waals surface area contributed by atoms with Gasteiger partial charge in [0.25, 0.3) is 5.56 Å². The molecule has 0 spiro atoms. The largest absolute Gasteiger partial charge is 0.362 e. The summed E-state index contributed by atoms with van der Waals surface area (Å²) >= 11 is 0. The zero-order valence-electron chi connectivity index (χ0n) is 14.0. The number of hydrogen-bond donors (Lipinski definition) is 0. The van der Waals surface area contributed by atoms with E-state index in [2.05, 4.69) is 9.97 Å². The highest BCUT2D eigenvalue weighted by atomic mass is 16.2. The first-order chi connectivity index (χ1) is 11.6. The molecule has 24 heavy (non-hydrogen) atoms. The summed E-state index contributed by atoms with van der Waals surface area (Å²) in [5.41, 5.74) is 1.94. The number of aromatic nitrogens is 3. The zero-order valence-corrected chi connectivity index (χ0v) is 14.0. The Morgan fingerprint density at radius 3 is 2.75 bits per heavy atom. The number of pyridine rings is 1. The summed E-state index contributed by atoms with van der Waals surface area (Å²) in [5, 5.41) is 0. The maximum absolute atomic E-state index is 12.6. The van der Waals surface area contributed by atoms with Gasteiger partial charge in [-0.3, -0.25) is 9.59 Å². The van der Waals surface area contributed by atoms with E-state index >= 15 is 0 Å². The van der Waals surface area contributed by atoms with E-state index in [1.807, 2.05) is 19.0 Å². The van der Waals surface area contributed by atoms with Crippen molar-refractivity contribution < 1.29 is 4.79 Å². The fourth-order valence-corrected chi connectivity index (χ4v) is 2.98. The Hall–Kier alpha value is -2.70. The molecule has 0 N–H and O–H groups in total. The summed E-state index contributed by atoms with van der Waals surface area (Å²) in [5.74, 6) is 0.865. The first-order valence-corrected chi connectivity index (χ1v) is 7.99. The number of fused-ring (bicyclic) bond motifs is 1. The van der Waals surface area contributed by atoms with Gasteiger partial charge in [-0.25, -0.2) is 9.97 Å². The summed E-state index contributed by atoms with van der Waals surface area (Å²) in [6.45, 7) is 1.29. The van der Waals surface area contributed by atoms with Crippen molar-refractivity contribution in [2.24, 2.45) is 0 Å². The van der Waals surface area contributed by atoms with E-state index in [0.717, 1.165) is 23.5 Å². The molecule has 0 saturated carbocycles. The van der Waals surface area contributed by atoms with Crippen LogP contribution in [0.2, 0.25) is 0 Å². The Morgan fingerprint density at radius 2 is 2.00 bits per heavy atom. The predicted octanol–water partition coefficient (Wildman–Crippen LogP) is 0.332. The molecule has 7 heteroatoms. The molecular formula is C17H21N5O2. The van der Waals surface area contributed by atoms with Gasteiger partial charge in [0, 0.05) is 51.4 Å². The van der Waals surface area contributed by atoms with Gasteiger partial charge in [-0.05, 0) is 12.5 Å². The van der Waals surface area contributed by atoms with Crippen molar-refractivity contribution in [1.29, 1.82) is 0 Å². The smallest absolute Gasteiger partial charge is 0.250 e. The molecular weight excluding hydrogens is 306 g/mol. The summed E-state index contributed by atoms with van der Waals surface area (Å²) < 4.78 is 1.44. The van der Waals surface area contributed by atoms with Crippen molar-refractivity contribution in [1.82, 2.24) is 19.4 Å². The molecule has 0 aliphatic carbocycles. The molecule has 0 atom stereocenters. The number of carbonyl (C=O) groups excluding carboxylic acids is 1. The van der Waals surface area contributed by atoms with Crippen molar-refractivity contribution in [3.63, 3.8) is 0 Å². The van der Waals surface area contributed by atoms with E-state index in [9.17, 15) is 9.59 Å². The second kappa shape index (κ2) is 6.82. The van der Waals surface area contributed by atoms with Crippen LogP contribution in [0.1, 0.15) is 11.3 Å². The molecule has 2 aromatic rings. The van der Waals surface area contributed by atoms with Crippen LogP contribution in [0.5, 0.6) is 0 Å². The SMILES string of the molecule is CN(C)c1ncnc2c1CCN(C(=O)Cn1ccccc1=O)CC2. The van der Waals surface area contributed by atoms with Gasteiger partial charge in [-0.15, -0.1) is 0 Å². The first-order valence-electron chi connectivity index (χ1n) is 7.99. The molecule has 0 bridgehead atoms. The Bertz CT molecular complexity index is 800. The summed E-state index contributed by atoms with van der Waals surface area (Å²) in [6.07, 6.45) is 4.64. The van der Waals surface area contributed by atoms with Crippen LogP contribution in [0, 0.1) is 0 Å². The normalized spacial score (nSPS) is 14.0. The van der Waals surface area contributed by atoms with E-state index < -0.39 is 0 Å². The van der Waals surface area contributed by atoms with Gasteiger partial charge in [0.2, 0.25) is 5.91 Å². The van der Waals surface area contributed by atoms with Crippen molar-refractivity contribution in [2.45, 2.75) is 19.4 Å². The molecule has 0 aromatic carbocycles. The van der Waals surface area contributed by atoms with E-state index in [1.54, 1.807) is 29.6 Å². The number of nitrogens with zero attached hydrogens (tertiary/aromatic N) is 5. The van der Waals surface area contributed by atoms with Gasteiger partial charge in [0.15, 0.2) is 0 Å². The van der Waals surface area contributed by atoms with Crippen LogP contribution in [-0.4, -0.2) is 52.5 Å². The quantitative estimate of drug-likeness (QED) is 0.812. The zero-order chi connectivity index (χ0) is 17.1. The van der Waals surface area contributed by atoms with E-state index in [4.69, 9.17) is 0 Å². The fraction of sp³-hybridized carbons (Fsp3) is 0.412. The number of hydrogen-bond acceptors (Lipinski definition) is 5. The molecule has 0 unspecified atom stereocenters. The number of carbonyl (C=O) groups is 1. The number of anilines is 1. The summed E-state index contributed by atoms with van der Waals surface area (Å²) in [6, 6.07) is 4.89. The summed E-state index contributed by atoms with van der Waals surface area (Å²) in [4.78, 5) is 36.8. The second-order valence-corrected chi connectivity index (χ2v) is 6.06. The van der Waals surface area contributed by atoms with Crippen LogP contribution in [-0.2, 0) is 24.2 Å². The molecule has 3 heterocycles. The third-order valence-corrected chi connectivity index (χ3v) is 4.24. The number of amides is 1. The maximum Gasteiger partial charge on any atom is 0.250 e. The molecule has 2 aromatic heterocycles. The lowest BCUT2D eigenvalue weighted by atomic mass is 10.1. The highest BCUT2D eigenvalue weighted by molar-refractivity contribution is 5.76. The molecule has 3 rings (SSSR count). The molecule has 1 aliphatic rings. The van der Waals surface area contributed by atoms with Crippen LogP contribution >= 0.6 is 0 Å². The van der Waals surface area contributed by atoms with Crippen molar-refractivity contribution in [3.8, 4) is 0 Å². The monoisotopic (exact) mass is 327 g/mol. The molecule has 126 valence electrons. The average molecular weight is 327 g/mol. The van der Waals surface area contributed by atoms with Gasteiger partial charge >= 0.3 is 0 Å². The fourth-order valence-electron chi connectivity index (χ4n) is 2.98.